The highest BCUT2D eigenvalue weighted by Gasteiger charge is 2.07. The second kappa shape index (κ2) is 6.50. The Labute approximate surface area is 100 Å². The number of aryl methyl sites for hydroxylation is 1. The van der Waals surface area contributed by atoms with Crippen molar-refractivity contribution in [3.63, 3.8) is 0 Å². The minimum Gasteiger partial charge on any atom is -0.409 e. The molecule has 1 aromatic heterocycles. The van der Waals surface area contributed by atoms with E-state index in [-0.39, 0.29) is 11.8 Å². The van der Waals surface area contributed by atoms with Gasteiger partial charge < -0.3 is 16.3 Å². The maximum absolute atomic E-state index is 8.51. The quantitative estimate of drug-likeness (QED) is 0.308. The Morgan fingerprint density at radius 2 is 2.44 bits per heavy atom. The summed E-state index contributed by atoms with van der Waals surface area (Å²) in [6.07, 6.45) is 1.07. The fourth-order valence-corrected chi connectivity index (χ4v) is 2.39. The first-order valence-electron chi connectivity index (χ1n) is 5.42. The Balaban J connectivity index is 2.36. The normalized spacial score (nSPS) is 14.0. The highest BCUT2D eigenvalue weighted by Crippen LogP contribution is 2.16. The Kier molecular flexibility index (Phi) is 5.28. The monoisotopic (exact) mass is 241 g/mol. The predicted molar refractivity (Wildman–Crippen MR) is 68.0 cm³/mol. The van der Waals surface area contributed by atoms with Crippen LogP contribution in [0.1, 0.15) is 24.3 Å². The van der Waals surface area contributed by atoms with Gasteiger partial charge in [-0.2, -0.15) is 0 Å². The third-order valence-electron chi connectivity index (χ3n) is 2.58. The van der Waals surface area contributed by atoms with E-state index in [4.69, 9.17) is 10.9 Å². The average Bonchev–Trinajstić information content (AvgIpc) is 2.75. The van der Waals surface area contributed by atoms with Crippen LogP contribution in [0.4, 0.5) is 0 Å². The summed E-state index contributed by atoms with van der Waals surface area (Å²) in [5, 5.41) is 16.9. The molecule has 0 saturated heterocycles. The van der Waals surface area contributed by atoms with Crippen molar-refractivity contribution >= 4 is 17.2 Å². The molecule has 1 heterocycles. The molecule has 0 aliphatic heterocycles. The molecule has 0 saturated carbocycles. The minimum absolute atomic E-state index is 0.0510. The molecule has 1 unspecified atom stereocenters. The van der Waals surface area contributed by atoms with Crippen molar-refractivity contribution < 1.29 is 5.21 Å². The third-order valence-corrected chi connectivity index (χ3v) is 3.54. The van der Waals surface area contributed by atoms with E-state index in [1.54, 1.807) is 11.3 Å². The van der Waals surface area contributed by atoms with Gasteiger partial charge in [0.25, 0.3) is 0 Å². The van der Waals surface area contributed by atoms with Crippen LogP contribution in [0, 0.1) is 5.92 Å². The number of hydrogen-bond donors (Lipinski definition) is 3. The Hall–Kier alpha value is -1.07. The molecular formula is C11H19N3OS. The van der Waals surface area contributed by atoms with E-state index in [0.29, 0.717) is 0 Å². The van der Waals surface area contributed by atoms with E-state index in [2.05, 4.69) is 28.8 Å². The number of thiophene rings is 1. The zero-order valence-electron chi connectivity index (χ0n) is 9.73. The fraction of sp³-hybridized carbons (Fsp3) is 0.545. The summed E-state index contributed by atoms with van der Waals surface area (Å²) < 4.78 is 0. The Bertz CT molecular complexity index is 349. The summed E-state index contributed by atoms with van der Waals surface area (Å²) in [5.74, 6) is 0.324. The van der Waals surface area contributed by atoms with Crippen LogP contribution in [0.2, 0.25) is 0 Å². The molecule has 0 amide bonds. The van der Waals surface area contributed by atoms with Crippen LogP contribution in [-0.4, -0.2) is 17.6 Å². The lowest BCUT2D eigenvalue weighted by Crippen LogP contribution is -2.31. The number of oxime groups is 1. The summed E-state index contributed by atoms with van der Waals surface area (Å²) in [6.45, 7) is 5.66. The van der Waals surface area contributed by atoms with E-state index in [9.17, 15) is 0 Å². The number of rotatable bonds is 6. The summed E-state index contributed by atoms with van der Waals surface area (Å²) >= 11 is 1.77. The van der Waals surface area contributed by atoms with Gasteiger partial charge in [0.2, 0.25) is 0 Å². The van der Waals surface area contributed by atoms with Crippen molar-refractivity contribution in [2.45, 2.75) is 26.8 Å². The molecule has 1 aromatic rings. The van der Waals surface area contributed by atoms with Gasteiger partial charge in [0.1, 0.15) is 5.84 Å². The highest BCUT2D eigenvalue weighted by atomic mass is 32.1. The van der Waals surface area contributed by atoms with Gasteiger partial charge in [-0.25, -0.2) is 0 Å². The van der Waals surface area contributed by atoms with E-state index in [1.165, 1.54) is 10.4 Å². The lowest BCUT2D eigenvalue weighted by Gasteiger charge is -2.10. The van der Waals surface area contributed by atoms with Crippen LogP contribution in [0.25, 0.3) is 0 Å². The number of nitrogens with one attached hydrogen (secondary N) is 1. The van der Waals surface area contributed by atoms with Crippen molar-refractivity contribution in [2.24, 2.45) is 16.8 Å². The standard InChI is InChI=1S/C11H19N3OS/c1-3-9-4-5-16-10(9)7-13-6-8(2)11(12)14-15/h4-5,8,13,15H,3,6-7H2,1-2H3,(H2,12,14). The van der Waals surface area contributed by atoms with Crippen LogP contribution >= 0.6 is 11.3 Å². The summed E-state index contributed by atoms with van der Waals surface area (Å²) in [4.78, 5) is 1.37. The molecule has 0 aliphatic carbocycles. The molecule has 1 rings (SSSR count). The van der Waals surface area contributed by atoms with E-state index < -0.39 is 0 Å². The first-order valence-corrected chi connectivity index (χ1v) is 6.30. The highest BCUT2D eigenvalue weighted by molar-refractivity contribution is 7.10. The van der Waals surface area contributed by atoms with E-state index in [1.807, 2.05) is 6.92 Å². The first kappa shape index (κ1) is 13.0. The van der Waals surface area contributed by atoms with Crippen molar-refractivity contribution in [3.8, 4) is 0 Å². The molecule has 5 heteroatoms. The lowest BCUT2D eigenvalue weighted by molar-refractivity contribution is 0.314. The number of nitrogens with two attached hydrogens (primary N) is 1. The average molecular weight is 241 g/mol. The maximum Gasteiger partial charge on any atom is 0.143 e. The largest absolute Gasteiger partial charge is 0.409 e. The summed E-state index contributed by atoms with van der Waals surface area (Å²) in [6, 6.07) is 2.16. The molecule has 0 fully saturated rings. The molecule has 1 atom stereocenters. The van der Waals surface area contributed by atoms with Gasteiger partial charge in [0, 0.05) is 23.9 Å². The fourth-order valence-electron chi connectivity index (χ4n) is 1.44. The van der Waals surface area contributed by atoms with Crippen molar-refractivity contribution in [1.29, 1.82) is 0 Å². The second-order valence-corrected chi connectivity index (χ2v) is 4.78. The number of hydrogen-bond acceptors (Lipinski definition) is 4. The van der Waals surface area contributed by atoms with Crippen LogP contribution in [0.3, 0.4) is 0 Å². The molecule has 0 radical (unpaired) electrons. The molecule has 0 spiro atoms. The molecule has 16 heavy (non-hydrogen) atoms. The molecule has 0 aromatic carbocycles. The minimum atomic E-state index is 0.0510. The van der Waals surface area contributed by atoms with Gasteiger partial charge in [-0.15, -0.1) is 11.3 Å². The van der Waals surface area contributed by atoms with Crippen molar-refractivity contribution in [1.82, 2.24) is 5.32 Å². The Morgan fingerprint density at radius 1 is 1.69 bits per heavy atom. The zero-order valence-corrected chi connectivity index (χ0v) is 10.5. The van der Waals surface area contributed by atoms with E-state index in [0.717, 1.165) is 19.5 Å². The zero-order chi connectivity index (χ0) is 12.0. The van der Waals surface area contributed by atoms with Crippen LogP contribution < -0.4 is 11.1 Å². The third kappa shape index (κ3) is 3.50. The lowest BCUT2D eigenvalue weighted by atomic mass is 10.1. The second-order valence-electron chi connectivity index (χ2n) is 3.78. The Morgan fingerprint density at radius 3 is 3.06 bits per heavy atom. The van der Waals surface area contributed by atoms with Crippen molar-refractivity contribution in [3.05, 3.63) is 21.9 Å². The number of nitrogens with zero attached hydrogens (tertiary/aromatic N) is 1. The van der Waals surface area contributed by atoms with Crippen LogP contribution in [0.15, 0.2) is 16.6 Å². The number of amidine groups is 1. The van der Waals surface area contributed by atoms with Gasteiger partial charge in [0.05, 0.1) is 0 Å². The molecular weight excluding hydrogens is 222 g/mol. The predicted octanol–water partition coefficient (Wildman–Crippen LogP) is 1.78. The van der Waals surface area contributed by atoms with Gasteiger partial charge in [0.15, 0.2) is 0 Å². The van der Waals surface area contributed by atoms with Gasteiger partial charge in [-0.1, -0.05) is 19.0 Å². The molecule has 90 valence electrons. The van der Waals surface area contributed by atoms with Gasteiger partial charge in [-0.3, -0.25) is 0 Å². The molecule has 4 N–H and O–H groups in total. The van der Waals surface area contributed by atoms with Gasteiger partial charge >= 0.3 is 0 Å². The smallest absolute Gasteiger partial charge is 0.143 e. The van der Waals surface area contributed by atoms with Crippen LogP contribution in [0.5, 0.6) is 0 Å². The summed E-state index contributed by atoms with van der Waals surface area (Å²) in [7, 11) is 0. The van der Waals surface area contributed by atoms with Gasteiger partial charge in [-0.05, 0) is 23.4 Å². The molecule has 4 nitrogen and oxygen atoms in total. The van der Waals surface area contributed by atoms with Crippen LogP contribution in [-0.2, 0) is 13.0 Å². The van der Waals surface area contributed by atoms with E-state index >= 15 is 0 Å². The topological polar surface area (TPSA) is 70.6 Å². The molecule has 0 aliphatic rings. The first-order chi connectivity index (χ1) is 7.69. The molecule has 0 bridgehead atoms. The maximum atomic E-state index is 8.51. The van der Waals surface area contributed by atoms with Crippen molar-refractivity contribution in [2.75, 3.05) is 6.54 Å². The SMILES string of the molecule is CCc1ccsc1CNCC(C)C(N)=NO. The summed E-state index contributed by atoms with van der Waals surface area (Å²) in [5.41, 5.74) is 6.89.